The van der Waals surface area contributed by atoms with E-state index < -0.39 is 17.6 Å². The van der Waals surface area contributed by atoms with E-state index in [0.29, 0.717) is 35.4 Å². The van der Waals surface area contributed by atoms with Crippen LogP contribution >= 0.6 is 11.6 Å². The number of rotatable bonds is 3. The van der Waals surface area contributed by atoms with Gasteiger partial charge >= 0.3 is 6.18 Å². The zero-order chi connectivity index (χ0) is 21.3. The molecule has 1 aliphatic carbocycles. The second kappa shape index (κ2) is 7.78. The fourth-order valence-corrected chi connectivity index (χ4v) is 3.24. The van der Waals surface area contributed by atoms with Crippen LogP contribution in [0.25, 0.3) is 0 Å². The molecule has 0 atom stereocenters. The van der Waals surface area contributed by atoms with Crippen molar-refractivity contribution >= 4 is 34.9 Å². The first-order valence-electron chi connectivity index (χ1n) is 8.54. The zero-order valence-electron chi connectivity index (χ0n) is 15.2. The van der Waals surface area contributed by atoms with E-state index in [1.807, 2.05) is 0 Å². The molecule has 1 amide bonds. The van der Waals surface area contributed by atoms with Gasteiger partial charge in [0.25, 0.3) is 5.91 Å². The summed E-state index contributed by atoms with van der Waals surface area (Å²) >= 11 is 5.94. The number of furan rings is 1. The third-order valence-electron chi connectivity index (χ3n) is 4.36. The summed E-state index contributed by atoms with van der Waals surface area (Å²) in [5.41, 5.74) is 11.2. The van der Waals surface area contributed by atoms with Gasteiger partial charge in [0, 0.05) is 17.5 Å². The van der Waals surface area contributed by atoms with E-state index in [1.165, 1.54) is 0 Å². The molecular formula is C18H17ClF3N5O2. The summed E-state index contributed by atoms with van der Waals surface area (Å²) in [6, 6.07) is 2.67. The topological polar surface area (TPSA) is 119 Å². The summed E-state index contributed by atoms with van der Waals surface area (Å²) in [4.78, 5) is 12.7. The lowest BCUT2D eigenvalue weighted by Gasteiger charge is -2.12. The summed E-state index contributed by atoms with van der Waals surface area (Å²) in [5.74, 6) is -0.427. The van der Waals surface area contributed by atoms with Gasteiger partial charge in [0.1, 0.15) is 5.76 Å². The first kappa shape index (κ1) is 20.7. The number of benzene rings is 1. The summed E-state index contributed by atoms with van der Waals surface area (Å²) in [6.45, 7) is 1.65. The Bertz CT molecular complexity index is 1020. The summed E-state index contributed by atoms with van der Waals surface area (Å²) in [6.07, 6.45) is -2.68. The lowest BCUT2D eigenvalue weighted by atomic mass is 9.93. The SMILES string of the molecule is Cc1c(C(=O)Nc2cc(C(F)(F)F)ccc2Cl)oc2c1/C(=N/N=C(N)N)CCC2. The molecule has 7 nitrogen and oxygen atoms in total. The minimum absolute atomic E-state index is 0.0321. The third-order valence-corrected chi connectivity index (χ3v) is 4.69. The van der Waals surface area contributed by atoms with Crippen molar-refractivity contribution in [2.75, 3.05) is 5.32 Å². The maximum absolute atomic E-state index is 12.9. The summed E-state index contributed by atoms with van der Waals surface area (Å²) in [7, 11) is 0. The minimum Gasteiger partial charge on any atom is -0.455 e. The van der Waals surface area contributed by atoms with Gasteiger partial charge in [0.15, 0.2) is 5.76 Å². The molecule has 1 aliphatic rings. The van der Waals surface area contributed by atoms with Crippen LogP contribution in [-0.2, 0) is 12.6 Å². The van der Waals surface area contributed by atoms with E-state index in [9.17, 15) is 18.0 Å². The molecule has 0 aliphatic heterocycles. The molecule has 29 heavy (non-hydrogen) atoms. The number of hydrogen-bond acceptors (Lipinski definition) is 4. The molecule has 1 heterocycles. The van der Waals surface area contributed by atoms with E-state index in [2.05, 4.69) is 15.5 Å². The largest absolute Gasteiger partial charge is 0.455 e. The van der Waals surface area contributed by atoms with Crippen molar-refractivity contribution in [3.63, 3.8) is 0 Å². The fraction of sp³-hybridized carbons (Fsp3) is 0.278. The van der Waals surface area contributed by atoms with Crippen LogP contribution in [0, 0.1) is 6.92 Å². The van der Waals surface area contributed by atoms with Gasteiger partial charge in [-0.25, -0.2) is 0 Å². The van der Waals surface area contributed by atoms with E-state index in [1.54, 1.807) is 6.92 Å². The predicted octanol–water partition coefficient (Wildman–Crippen LogP) is 3.83. The summed E-state index contributed by atoms with van der Waals surface area (Å²) in [5, 5.41) is 10.0. The highest BCUT2D eigenvalue weighted by atomic mass is 35.5. The minimum atomic E-state index is -4.57. The Morgan fingerprint density at radius 3 is 2.66 bits per heavy atom. The lowest BCUT2D eigenvalue weighted by Crippen LogP contribution is -2.22. The number of carbonyl (C=O) groups is 1. The highest BCUT2D eigenvalue weighted by Gasteiger charge is 2.32. The molecule has 154 valence electrons. The van der Waals surface area contributed by atoms with Gasteiger partial charge < -0.3 is 21.2 Å². The molecule has 0 saturated heterocycles. The van der Waals surface area contributed by atoms with Crippen LogP contribution in [0.3, 0.4) is 0 Å². The van der Waals surface area contributed by atoms with E-state index >= 15 is 0 Å². The number of nitrogens with one attached hydrogen (secondary N) is 1. The molecule has 1 aromatic heterocycles. The Hall–Kier alpha value is -3.01. The highest BCUT2D eigenvalue weighted by molar-refractivity contribution is 6.34. The van der Waals surface area contributed by atoms with Crippen LogP contribution in [0.5, 0.6) is 0 Å². The Kier molecular flexibility index (Phi) is 5.56. The Morgan fingerprint density at radius 1 is 1.28 bits per heavy atom. The van der Waals surface area contributed by atoms with Gasteiger partial charge in [-0.3, -0.25) is 4.79 Å². The Labute approximate surface area is 168 Å². The standard InChI is InChI=1S/C18H17ClF3N5O2/c1-8-14-11(26-27-17(23)24)3-2-4-13(14)29-15(8)16(28)25-12-7-9(18(20,21)22)5-6-10(12)19/h5-7H,2-4H2,1H3,(H,25,28)(H4,23,24,27)/b26-11+. The van der Waals surface area contributed by atoms with Crippen molar-refractivity contribution < 1.29 is 22.4 Å². The number of alkyl halides is 3. The zero-order valence-corrected chi connectivity index (χ0v) is 16.0. The molecule has 0 saturated carbocycles. The van der Waals surface area contributed by atoms with E-state index in [-0.39, 0.29) is 22.4 Å². The number of carbonyl (C=O) groups excluding carboxylic acids is 1. The van der Waals surface area contributed by atoms with Crippen molar-refractivity contribution in [2.45, 2.75) is 32.4 Å². The molecule has 0 bridgehead atoms. The number of anilines is 1. The van der Waals surface area contributed by atoms with Crippen LogP contribution in [0.15, 0.2) is 32.8 Å². The predicted molar refractivity (Wildman–Crippen MR) is 103 cm³/mol. The molecular weight excluding hydrogens is 411 g/mol. The highest BCUT2D eigenvalue weighted by Crippen LogP contribution is 2.35. The van der Waals surface area contributed by atoms with Gasteiger partial charge in [-0.15, -0.1) is 5.10 Å². The molecule has 0 radical (unpaired) electrons. The number of guanidine groups is 1. The van der Waals surface area contributed by atoms with E-state index in [4.69, 9.17) is 27.5 Å². The van der Waals surface area contributed by atoms with Crippen molar-refractivity contribution in [3.05, 3.63) is 51.4 Å². The van der Waals surface area contributed by atoms with Crippen LogP contribution in [0.4, 0.5) is 18.9 Å². The van der Waals surface area contributed by atoms with Gasteiger partial charge in [-0.05, 0) is 38.0 Å². The molecule has 0 spiro atoms. The Morgan fingerprint density at radius 2 is 2.00 bits per heavy atom. The lowest BCUT2D eigenvalue weighted by molar-refractivity contribution is -0.137. The molecule has 0 fully saturated rings. The van der Waals surface area contributed by atoms with Crippen LogP contribution in [-0.4, -0.2) is 17.6 Å². The Balaban J connectivity index is 1.94. The second-order valence-corrected chi connectivity index (χ2v) is 6.83. The number of aryl methyl sites for hydroxylation is 1. The molecule has 5 N–H and O–H groups in total. The van der Waals surface area contributed by atoms with E-state index in [0.717, 1.165) is 24.6 Å². The number of amides is 1. The first-order chi connectivity index (χ1) is 13.6. The number of fused-ring (bicyclic) bond motifs is 1. The normalized spacial score (nSPS) is 15.1. The number of halogens is 4. The van der Waals surface area contributed by atoms with Crippen LogP contribution < -0.4 is 16.8 Å². The van der Waals surface area contributed by atoms with Crippen LogP contribution in [0.1, 0.15) is 45.8 Å². The molecule has 0 unspecified atom stereocenters. The fourth-order valence-electron chi connectivity index (χ4n) is 3.08. The van der Waals surface area contributed by atoms with Crippen molar-refractivity contribution in [1.29, 1.82) is 0 Å². The smallest absolute Gasteiger partial charge is 0.416 e. The maximum Gasteiger partial charge on any atom is 0.416 e. The quantitative estimate of drug-likeness (QED) is 0.392. The van der Waals surface area contributed by atoms with Gasteiger partial charge in [0.2, 0.25) is 5.96 Å². The van der Waals surface area contributed by atoms with Crippen molar-refractivity contribution in [2.24, 2.45) is 21.7 Å². The number of nitrogens with two attached hydrogens (primary N) is 2. The average molecular weight is 428 g/mol. The van der Waals surface area contributed by atoms with Crippen LogP contribution in [0.2, 0.25) is 5.02 Å². The number of hydrogen-bond donors (Lipinski definition) is 3. The van der Waals surface area contributed by atoms with Crippen molar-refractivity contribution in [1.82, 2.24) is 0 Å². The van der Waals surface area contributed by atoms with Gasteiger partial charge in [-0.2, -0.15) is 18.3 Å². The average Bonchev–Trinajstić information content (AvgIpc) is 2.98. The maximum atomic E-state index is 12.9. The third kappa shape index (κ3) is 4.37. The van der Waals surface area contributed by atoms with Gasteiger partial charge in [-0.1, -0.05) is 11.6 Å². The van der Waals surface area contributed by atoms with Crippen molar-refractivity contribution in [3.8, 4) is 0 Å². The molecule has 11 heteroatoms. The molecule has 3 rings (SSSR count). The number of nitrogens with zero attached hydrogens (tertiary/aromatic N) is 2. The first-order valence-corrected chi connectivity index (χ1v) is 8.92. The van der Waals surface area contributed by atoms with Gasteiger partial charge in [0.05, 0.1) is 22.0 Å². The monoisotopic (exact) mass is 427 g/mol. The summed E-state index contributed by atoms with van der Waals surface area (Å²) < 4.78 is 44.5. The molecule has 1 aromatic carbocycles. The molecule has 2 aromatic rings. The second-order valence-electron chi connectivity index (χ2n) is 6.43.